The van der Waals surface area contributed by atoms with E-state index in [-0.39, 0.29) is 11.1 Å². The Labute approximate surface area is 219 Å². The number of ether oxygens (including phenoxy) is 1. The highest BCUT2D eigenvalue weighted by atomic mass is 19.1. The Morgan fingerprint density at radius 2 is 1.82 bits per heavy atom. The van der Waals surface area contributed by atoms with Crippen LogP contribution in [0.2, 0.25) is 0 Å². The van der Waals surface area contributed by atoms with Crippen LogP contribution in [0.3, 0.4) is 0 Å². The molecule has 38 heavy (non-hydrogen) atoms. The second-order valence-electron chi connectivity index (χ2n) is 10.4. The molecular weight excluding hydrogens is 483 g/mol. The summed E-state index contributed by atoms with van der Waals surface area (Å²) >= 11 is 0. The molecule has 0 spiro atoms. The van der Waals surface area contributed by atoms with Crippen molar-refractivity contribution in [1.29, 1.82) is 0 Å². The average Bonchev–Trinajstić information content (AvgIpc) is 3.28. The van der Waals surface area contributed by atoms with Gasteiger partial charge < -0.3 is 28.8 Å². The maximum Gasteiger partial charge on any atom is 0.192 e. The van der Waals surface area contributed by atoms with Crippen molar-refractivity contribution < 1.29 is 13.5 Å². The van der Waals surface area contributed by atoms with Crippen LogP contribution in [0.5, 0.6) is 11.5 Å². The monoisotopic (exact) mass is 512 g/mol. The summed E-state index contributed by atoms with van der Waals surface area (Å²) in [4.78, 5) is 17.8. The molecule has 2 aliphatic heterocycles. The summed E-state index contributed by atoms with van der Waals surface area (Å²) in [6, 6.07) is 13.1. The first-order chi connectivity index (χ1) is 18.5. The van der Waals surface area contributed by atoms with Crippen LogP contribution in [0.4, 0.5) is 10.1 Å². The van der Waals surface area contributed by atoms with Gasteiger partial charge in [-0.3, -0.25) is 4.79 Å². The van der Waals surface area contributed by atoms with Gasteiger partial charge in [-0.25, -0.2) is 4.39 Å². The molecule has 0 radical (unpaired) electrons. The first-order valence-electron chi connectivity index (χ1n) is 13.1. The fourth-order valence-corrected chi connectivity index (χ4v) is 5.72. The SMILES string of the molecule is Cc1cn2c3c(c(NCCCN4CCN(C)CC4)c(F)cc3c1=O)Oc1cc3c(cc1-2)oc1ccccc13. The van der Waals surface area contributed by atoms with Crippen LogP contribution < -0.4 is 15.5 Å². The highest BCUT2D eigenvalue weighted by molar-refractivity contribution is 6.07. The quantitative estimate of drug-likeness (QED) is 0.308. The van der Waals surface area contributed by atoms with Crippen molar-refractivity contribution in [3.8, 4) is 17.2 Å². The number of nitrogens with zero attached hydrogens (tertiary/aromatic N) is 3. The van der Waals surface area contributed by atoms with Crippen molar-refractivity contribution in [2.45, 2.75) is 13.3 Å². The van der Waals surface area contributed by atoms with Crippen LogP contribution in [0, 0.1) is 12.7 Å². The van der Waals surface area contributed by atoms with Gasteiger partial charge in [0.2, 0.25) is 0 Å². The minimum atomic E-state index is -0.486. The first-order valence-corrected chi connectivity index (χ1v) is 13.1. The van der Waals surface area contributed by atoms with Crippen molar-refractivity contribution in [3.05, 3.63) is 70.3 Å². The number of rotatable bonds is 5. The van der Waals surface area contributed by atoms with Crippen molar-refractivity contribution in [2.24, 2.45) is 0 Å². The average molecular weight is 513 g/mol. The fourth-order valence-electron chi connectivity index (χ4n) is 5.72. The molecule has 0 unspecified atom stereocenters. The predicted octanol–water partition coefficient (Wildman–Crippen LogP) is 5.49. The second-order valence-corrected chi connectivity index (χ2v) is 10.4. The lowest BCUT2D eigenvalue weighted by Gasteiger charge is -2.32. The Kier molecular flexibility index (Phi) is 5.42. The van der Waals surface area contributed by atoms with Crippen molar-refractivity contribution in [1.82, 2.24) is 14.4 Å². The lowest BCUT2D eigenvalue weighted by molar-refractivity contribution is 0.154. The van der Waals surface area contributed by atoms with Gasteiger partial charge in [-0.05, 0) is 45.1 Å². The van der Waals surface area contributed by atoms with Crippen LogP contribution in [-0.4, -0.2) is 60.7 Å². The molecule has 2 aromatic heterocycles. The maximum absolute atomic E-state index is 15.5. The number of nitrogens with one attached hydrogen (secondary N) is 1. The zero-order chi connectivity index (χ0) is 26.0. The summed E-state index contributed by atoms with van der Waals surface area (Å²) in [7, 11) is 2.15. The number of fused-ring (bicyclic) bond motifs is 5. The van der Waals surface area contributed by atoms with E-state index < -0.39 is 5.82 Å². The summed E-state index contributed by atoms with van der Waals surface area (Å²) in [5, 5.41) is 5.51. The van der Waals surface area contributed by atoms with Crippen molar-refractivity contribution >= 4 is 38.5 Å². The number of halogens is 1. The topological polar surface area (TPSA) is 62.9 Å². The van der Waals surface area contributed by atoms with Crippen LogP contribution in [0.1, 0.15) is 12.0 Å². The lowest BCUT2D eigenvalue weighted by Crippen LogP contribution is -2.44. The molecular formula is C30H29FN4O3. The predicted molar refractivity (Wildman–Crippen MR) is 149 cm³/mol. The van der Waals surface area contributed by atoms with E-state index in [0.29, 0.717) is 34.5 Å². The molecule has 1 fully saturated rings. The number of benzene rings is 3. The number of pyridine rings is 1. The molecule has 1 saturated heterocycles. The number of piperazine rings is 1. The molecule has 5 aromatic rings. The normalized spacial score (nSPS) is 15.8. The number of aryl methyl sites for hydroxylation is 1. The van der Waals surface area contributed by atoms with Gasteiger partial charge in [0.1, 0.15) is 22.4 Å². The molecule has 0 aliphatic carbocycles. The summed E-state index contributed by atoms with van der Waals surface area (Å²) in [6.07, 6.45) is 2.68. The van der Waals surface area contributed by atoms with E-state index in [2.05, 4.69) is 22.2 Å². The van der Waals surface area contributed by atoms with Gasteiger partial charge in [-0.2, -0.15) is 0 Å². The number of furan rings is 1. The molecule has 7 rings (SSSR count). The third-order valence-electron chi connectivity index (χ3n) is 7.85. The molecule has 7 nitrogen and oxygen atoms in total. The van der Waals surface area contributed by atoms with E-state index in [0.717, 1.165) is 66.8 Å². The highest BCUT2D eigenvalue weighted by Gasteiger charge is 2.28. The molecule has 0 bridgehead atoms. The summed E-state index contributed by atoms with van der Waals surface area (Å²) in [5.74, 6) is 0.447. The largest absolute Gasteiger partial charge is 0.456 e. The lowest BCUT2D eigenvalue weighted by atomic mass is 10.1. The van der Waals surface area contributed by atoms with E-state index in [1.807, 2.05) is 41.0 Å². The van der Waals surface area contributed by atoms with Crippen LogP contribution in [0.15, 0.2) is 57.9 Å². The maximum atomic E-state index is 15.5. The van der Waals surface area contributed by atoms with Gasteiger partial charge in [0.05, 0.1) is 11.1 Å². The van der Waals surface area contributed by atoms with Crippen LogP contribution >= 0.6 is 0 Å². The molecule has 2 aliphatic rings. The Bertz CT molecular complexity index is 1780. The third kappa shape index (κ3) is 3.67. The third-order valence-corrected chi connectivity index (χ3v) is 7.85. The minimum absolute atomic E-state index is 0.199. The number of likely N-dealkylation sites (N-methyl/N-ethyl adjacent to an activating group) is 1. The summed E-state index contributed by atoms with van der Waals surface area (Å²) in [5.41, 5.74) is 3.46. The summed E-state index contributed by atoms with van der Waals surface area (Å²) in [6.45, 7) is 7.54. The van der Waals surface area contributed by atoms with E-state index in [1.165, 1.54) is 6.07 Å². The van der Waals surface area contributed by atoms with Crippen LogP contribution in [0.25, 0.3) is 38.5 Å². The molecule has 4 heterocycles. The van der Waals surface area contributed by atoms with Gasteiger partial charge in [-0.15, -0.1) is 0 Å². The zero-order valence-electron chi connectivity index (χ0n) is 21.5. The van der Waals surface area contributed by atoms with E-state index >= 15 is 4.39 Å². The Morgan fingerprint density at radius 1 is 1.00 bits per heavy atom. The van der Waals surface area contributed by atoms with Crippen molar-refractivity contribution in [2.75, 3.05) is 51.6 Å². The number of anilines is 1. The number of hydrogen-bond donors (Lipinski definition) is 1. The standard InChI is InChI=1S/C30H29FN4O3/c1-18-17-35-23-16-25-20(19-6-3-4-7-24(19)37-25)15-26(23)38-30-27(22(31)14-21(28(30)35)29(18)36)32-8-5-9-34-12-10-33(2)11-13-34/h3-4,6-7,14-17,32H,5,8-13H2,1-2H3. The fraction of sp³-hybridized carbons (Fsp3) is 0.300. The van der Waals surface area contributed by atoms with Gasteiger partial charge in [0.25, 0.3) is 0 Å². The Balaban J connectivity index is 1.30. The van der Waals surface area contributed by atoms with Gasteiger partial charge >= 0.3 is 0 Å². The minimum Gasteiger partial charge on any atom is -0.456 e. The molecule has 1 N–H and O–H groups in total. The van der Waals surface area contributed by atoms with Gasteiger partial charge in [0, 0.05) is 61.3 Å². The zero-order valence-corrected chi connectivity index (χ0v) is 21.5. The van der Waals surface area contributed by atoms with Gasteiger partial charge in [0.15, 0.2) is 22.7 Å². The molecule has 0 saturated carbocycles. The smallest absolute Gasteiger partial charge is 0.192 e. The Hall–Kier alpha value is -3.88. The first kappa shape index (κ1) is 23.3. The molecule has 194 valence electrons. The molecule has 3 aromatic carbocycles. The second kappa shape index (κ2) is 8.85. The highest BCUT2D eigenvalue weighted by Crippen LogP contribution is 2.47. The number of para-hydroxylation sites is 1. The molecule has 0 amide bonds. The van der Waals surface area contributed by atoms with Gasteiger partial charge in [-0.1, -0.05) is 18.2 Å². The number of hydrogen-bond acceptors (Lipinski definition) is 6. The van der Waals surface area contributed by atoms with Crippen molar-refractivity contribution in [3.63, 3.8) is 0 Å². The summed E-state index contributed by atoms with van der Waals surface area (Å²) < 4.78 is 30.0. The van der Waals surface area contributed by atoms with E-state index in [1.54, 1.807) is 13.1 Å². The van der Waals surface area contributed by atoms with Crippen LogP contribution in [-0.2, 0) is 0 Å². The molecule has 8 heteroatoms. The Morgan fingerprint density at radius 3 is 2.66 bits per heavy atom. The van der Waals surface area contributed by atoms with E-state index in [9.17, 15) is 4.79 Å². The van der Waals surface area contributed by atoms with E-state index in [4.69, 9.17) is 9.15 Å². The number of aromatic nitrogens is 1. The molecule has 0 atom stereocenters.